The molecule has 4 nitrogen and oxygen atoms in total. The van der Waals surface area contributed by atoms with Crippen LogP contribution < -0.4 is 5.32 Å². The molecular weight excluding hydrogens is 365 g/mol. The Kier molecular flexibility index (Phi) is 5.47. The Balaban J connectivity index is 1.49. The molecule has 144 valence electrons. The summed E-state index contributed by atoms with van der Waals surface area (Å²) in [4.78, 5) is 12.3. The summed E-state index contributed by atoms with van der Waals surface area (Å²) >= 11 is 0. The second-order valence-corrected chi connectivity index (χ2v) is 6.72. The minimum absolute atomic E-state index is 0.0490. The molecule has 0 radical (unpaired) electrons. The smallest absolute Gasteiger partial charge is 0.254 e. The molecule has 5 heteroatoms. The SMILES string of the molecule is O=C(NCc1ccccc1-c1ccc(Cn2cccn2)cc1)c1ccccc1F. The fraction of sp³-hybridized carbons (Fsp3) is 0.0833. The van der Waals surface area contributed by atoms with Crippen molar-refractivity contribution < 1.29 is 9.18 Å². The zero-order valence-corrected chi connectivity index (χ0v) is 15.8. The van der Waals surface area contributed by atoms with Gasteiger partial charge < -0.3 is 5.32 Å². The number of carbonyl (C=O) groups excluding carboxylic acids is 1. The summed E-state index contributed by atoms with van der Waals surface area (Å²) in [6.07, 6.45) is 3.70. The maximum atomic E-state index is 13.8. The van der Waals surface area contributed by atoms with Crippen LogP contribution in [0.25, 0.3) is 11.1 Å². The summed E-state index contributed by atoms with van der Waals surface area (Å²) in [6, 6.07) is 24.1. The molecule has 0 aliphatic heterocycles. The van der Waals surface area contributed by atoms with Gasteiger partial charge in [-0.1, -0.05) is 60.7 Å². The van der Waals surface area contributed by atoms with Gasteiger partial charge in [0, 0.05) is 18.9 Å². The van der Waals surface area contributed by atoms with Crippen molar-refractivity contribution in [1.82, 2.24) is 15.1 Å². The zero-order valence-electron chi connectivity index (χ0n) is 15.8. The maximum absolute atomic E-state index is 13.8. The van der Waals surface area contributed by atoms with Crippen molar-refractivity contribution in [2.24, 2.45) is 0 Å². The van der Waals surface area contributed by atoms with E-state index in [0.29, 0.717) is 13.1 Å². The third-order valence-corrected chi connectivity index (χ3v) is 4.74. The van der Waals surface area contributed by atoms with E-state index in [2.05, 4.69) is 34.7 Å². The Bertz CT molecular complexity index is 1110. The molecule has 29 heavy (non-hydrogen) atoms. The molecule has 0 saturated heterocycles. The summed E-state index contributed by atoms with van der Waals surface area (Å²) in [7, 11) is 0. The first kappa shape index (κ1) is 18.6. The van der Waals surface area contributed by atoms with Gasteiger partial charge in [-0.3, -0.25) is 9.48 Å². The number of amides is 1. The lowest BCUT2D eigenvalue weighted by Gasteiger charge is -2.12. The fourth-order valence-corrected chi connectivity index (χ4v) is 3.24. The van der Waals surface area contributed by atoms with E-state index in [4.69, 9.17) is 0 Å². The van der Waals surface area contributed by atoms with Gasteiger partial charge in [0.05, 0.1) is 12.1 Å². The molecule has 1 aromatic heterocycles. The number of aromatic nitrogens is 2. The third kappa shape index (κ3) is 4.41. The molecule has 4 aromatic rings. The maximum Gasteiger partial charge on any atom is 0.254 e. The average molecular weight is 385 g/mol. The van der Waals surface area contributed by atoms with Crippen molar-refractivity contribution in [3.63, 3.8) is 0 Å². The van der Waals surface area contributed by atoms with Crippen LogP contribution in [0.4, 0.5) is 4.39 Å². The lowest BCUT2D eigenvalue weighted by molar-refractivity contribution is 0.0947. The number of nitrogens with one attached hydrogen (secondary N) is 1. The Morgan fingerprint density at radius 2 is 1.69 bits per heavy atom. The third-order valence-electron chi connectivity index (χ3n) is 4.74. The van der Waals surface area contributed by atoms with E-state index in [9.17, 15) is 9.18 Å². The van der Waals surface area contributed by atoms with Crippen molar-refractivity contribution >= 4 is 5.91 Å². The van der Waals surface area contributed by atoms with E-state index in [1.54, 1.807) is 18.3 Å². The van der Waals surface area contributed by atoms with E-state index in [1.807, 2.05) is 41.2 Å². The summed E-state index contributed by atoms with van der Waals surface area (Å²) in [5, 5.41) is 7.04. The molecule has 1 N–H and O–H groups in total. The molecule has 0 bridgehead atoms. The van der Waals surface area contributed by atoms with E-state index < -0.39 is 11.7 Å². The van der Waals surface area contributed by atoms with Crippen LogP contribution in [0.1, 0.15) is 21.5 Å². The molecule has 3 aromatic carbocycles. The highest BCUT2D eigenvalue weighted by Gasteiger charge is 2.12. The van der Waals surface area contributed by atoms with Gasteiger partial charge in [-0.25, -0.2) is 4.39 Å². The standard InChI is InChI=1S/C24H20FN3O/c25-23-9-4-3-8-22(23)24(29)26-16-20-6-1-2-7-21(20)19-12-10-18(11-13-19)17-28-15-5-14-27-28/h1-15H,16-17H2,(H,26,29). The first-order chi connectivity index (χ1) is 14.2. The number of nitrogens with zero attached hydrogens (tertiary/aromatic N) is 2. The first-order valence-corrected chi connectivity index (χ1v) is 9.38. The molecule has 0 spiro atoms. The predicted molar refractivity (Wildman–Crippen MR) is 111 cm³/mol. The minimum Gasteiger partial charge on any atom is -0.348 e. The van der Waals surface area contributed by atoms with Crippen LogP contribution in [0.15, 0.2) is 91.3 Å². The molecular formula is C24H20FN3O. The van der Waals surface area contributed by atoms with Crippen LogP contribution in [0, 0.1) is 5.82 Å². The Labute approximate surface area is 168 Å². The van der Waals surface area contributed by atoms with Crippen LogP contribution in [-0.2, 0) is 13.1 Å². The van der Waals surface area contributed by atoms with E-state index in [-0.39, 0.29) is 5.56 Å². The minimum atomic E-state index is -0.522. The average Bonchev–Trinajstić information content (AvgIpc) is 3.26. The highest BCUT2D eigenvalue weighted by atomic mass is 19.1. The molecule has 0 saturated carbocycles. The molecule has 0 aliphatic rings. The van der Waals surface area contributed by atoms with Crippen LogP contribution >= 0.6 is 0 Å². The molecule has 0 atom stereocenters. The number of halogens is 1. The second kappa shape index (κ2) is 8.52. The summed E-state index contributed by atoms with van der Waals surface area (Å²) < 4.78 is 15.7. The number of carbonyl (C=O) groups is 1. The largest absolute Gasteiger partial charge is 0.348 e. The normalized spacial score (nSPS) is 10.7. The summed E-state index contributed by atoms with van der Waals surface area (Å²) in [5.41, 5.74) is 4.27. The van der Waals surface area contributed by atoms with Gasteiger partial charge in [0.15, 0.2) is 0 Å². The lowest BCUT2D eigenvalue weighted by Crippen LogP contribution is -2.24. The van der Waals surface area contributed by atoms with E-state index >= 15 is 0 Å². The van der Waals surface area contributed by atoms with Gasteiger partial charge in [-0.05, 0) is 40.5 Å². The Morgan fingerprint density at radius 3 is 2.45 bits per heavy atom. The van der Waals surface area contributed by atoms with Crippen molar-refractivity contribution in [1.29, 1.82) is 0 Å². The van der Waals surface area contributed by atoms with Crippen LogP contribution in [-0.4, -0.2) is 15.7 Å². The van der Waals surface area contributed by atoms with Crippen molar-refractivity contribution in [3.8, 4) is 11.1 Å². The van der Waals surface area contributed by atoms with Crippen LogP contribution in [0.3, 0.4) is 0 Å². The van der Waals surface area contributed by atoms with Gasteiger partial charge in [-0.2, -0.15) is 5.10 Å². The number of benzene rings is 3. The van der Waals surface area contributed by atoms with Gasteiger partial charge in [0.1, 0.15) is 5.82 Å². The molecule has 4 rings (SSSR count). The monoisotopic (exact) mass is 385 g/mol. The van der Waals surface area contributed by atoms with Gasteiger partial charge in [-0.15, -0.1) is 0 Å². The molecule has 0 unspecified atom stereocenters. The Morgan fingerprint density at radius 1 is 0.931 bits per heavy atom. The molecule has 1 heterocycles. The Hall–Kier alpha value is -3.73. The lowest BCUT2D eigenvalue weighted by atomic mass is 9.98. The number of rotatable bonds is 6. The summed E-state index contributed by atoms with van der Waals surface area (Å²) in [5.74, 6) is -0.946. The van der Waals surface area contributed by atoms with Crippen LogP contribution in [0.5, 0.6) is 0 Å². The van der Waals surface area contributed by atoms with Gasteiger partial charge in [0.25, 0.3) is 5.91 Å². The quantitative estimate of drug-likeness (QED) is 0.524. The van der Waals surface area contributed by atoms with E-state index in [0.717, 1.165) is 22.3 Å². The number of hydrogen-bond acceptors (Lipinski definition) is 2. The van der Waals surface area contributed by atoms with Crippen molar-refractivity contribution in [2.75, 3.05) is 0 Å². The second-order valence-electron chi connectivity index (χ2n) is 6.72. The van der Waals surface area contributed by atoms with E-state index in [1.165, 1.54) is 12.1 Å². The molecule has 0 fully saturated rings. The molecule has 1 amide bonds. The predicted octanol–water partition coefficient (Wildman–Crippen LogP) is 4.67. The highest BCUT2D eigenvalue weighted by molar-refractivity contribution is 5.94. The topological polar surface area (TPSA) is 46.9 Å². The zero-order chi connectivity index (χ0) is 20.1. The summed E-state index contributed by atoms with van der Waals surface area (Å²) in [6.45, 7) is 1.03. The highest BCUT2D eigenvalue weighted by Crippen LogP contribution is 2.24. The van der Waals surface area contributed by atoms with Gasteiger partial charge >= 0.3 is 0 Å². The number of hydrogen-bond donors (Lipinski definition) is 1. The van der Waals surface area contributed by atoms with Crippen molar-refractivity contribution in [2.45, 2.75) is 13.1 Å². The first-order valence-electron chi connectivity index (χ1n) is 9.38. The van der Waals surface area contributed by atoms with Crippen LogP contribution in [0.2, 0.25) is 0 Å². The van der Waals surface area contributed by atoms with Gasteiger partial charge in [0.2, 0.25) is 0 Å². The molecule has 0 aliphatic carbocycles. The fourth-order valence-electron chi connectivity index (χ4n) is 3.24. The van der Waals surface area contributed by atoms with Crippen molar-refractivity contribution in [3.05, 3.63) is 114 Å².